The van der Waals surface area contributed by atoms with Crippen molar-refractivity contribution in [3.05, 3.63) is 65.4 Å². The van der Waals surface area contributed by atoms with Gasteiger partial charge in [-0.1, -0.05) is 36.4 Å². The number of nitrogens with one attached hydrogen (secondary N) is 2. The van der Waals surface area contributed by atoms with Crippen LogP contribution in [0.1, 0.15) is 35.4 Å². The predicted molar refractivity (Wildman–Crippen MR) is 111 cm³/mol. The van der Waals surface area contributed by atoms with Crippen molar-refractivity contribution in [3.63, 3.8) is 0 Å². The fourth-order valence-corrected chi connectivity index (χ4v) is 4.23. The Labute approximate surface area is 160 Å². The number of amides is 1. The van der Waals surface area contributed by atoms with Crippen molar-refractivity contribution in [2.24, 2.45) is 0 Å². The standard InChI is InChI=1S/C23H27N3O/c1-16-6-5-7-17(2)23(16)25-22(27)15-26-12-10-18(11-13-26)20-14-24-21-9-4-3-8-19(20)21/h3-9,14,18,24H,10-13,15H2,1-2H3,(H,25,27). The second-order valence-electron chi connectivity index (χ2n) is 7.66. The van der Waals surface area contributed by atoms with Crippen LogP contribution in [0.2, 0.25) is 0 Å². The number of nitrogens with zero attached hydrogens (tertiary/aromatic N) is 1. The van der Waals surface area contributed by atoms with Crippen LogP contribution in [0.5, 0.6) is 0 Å². The third-order valence-corrected chi connectivity index (χ3v) is 5.76. The van der Waals surface area contributed by atoms with E-state index in [0.717, 1.165) is 42.7 Å². The van der Waals surface area contributed by atoms with Crippen LogP contribution in [0.4, 0.5) is 5.69 Å². The average Bonchev–Trinajstić information content (AvgIpc) is 3.10. The molecule has 140 valence electrons. The molecule has 1 aliphatic rings. The molecule has 0 atom stereocenters. The molecular formula is C23H27N3O. The topological polar surface area (TPSA) is 48.1 Å². The number of likely N-dealkylation sites (tertiary alicyclic amines) is 1. The van der Waals surface area contributed by atoms with Crippen molar-refractivity contribution in [3.8, 4) is 0 Å². The van der Waals surface area contributed by atoms with Gasteiger partial charge < -0.3 is 10.3 Å². The summed E-state index contributed by atoms with van der Waals surface area (Å²) in [6, 6.07) is 14.6. The highest BCUT2D eigenvalue weighted by atomic mass is 16.2. The highest BCUT2D eigenvalue weighted by Gasteiger charge is 2.24. The van der Waals surface area contributed by atoms with Gasteiger partial charge in [-0.2, -0.15) is 0 Å². The summed E-state index contributed by atoms with van der Waals surface area (Å²) in [5.74, 6) is 0.650. The number of benzene rings is 2. The van der Waals surface area contributed by atoms with Gasteiger partial charge in [0.1, 0.15) is 0 Å². The highest BCUT2D eigenvalue weighted by molar-refractivity contribution is 5.93. The minimum absolute atomic E-state index is 0.0814. The molecule has 2 heterocycles. The molecule has 2 N–H and O–H groups in total. The third kappa shape index (κ3) is 3.76. The molecule has 0 unspecified atom stereocenters. The van der Waals surface area contributed by atoms with Crippen molar-refractivity contribution in [2.45, 2.75) is 32.6 Å². The van der Waals surface area contributed by atoms with E-state index < -0.39 is 0 Å². The number of piperidine rings is 1. The molecule has 0 aliphatic carbocycles. The lowest BCUT2D eigenvalue weighted by molar-refractivity contribution is -0.117. The molecule has 1 aromatic heterocycles. The van der Waals surface area contributed by atoms with E-state index in [4.69, 9.17) is 0 Å². The maximum Gasteiger partial charge on any atom is 0.238 e. The fraction of sp³-hybridized carbons (Fsp3) is 0.348. The summed E-state index contributed by atoms with van der Waals surface area (Å²) in [7, 11) is 0. The maximum atomic E-state index is 12.5. The molecule has 1 fully saturated rings. The SMILES string of the molecule is Cc1cccc(C)c1NC(=O)CN1CCC(c2c[nH]c3ccccc23)CC1. The predicted octanol–water partition coefficient (Wildman–Crippen LogP) is 4.60. The van der Waals surface area contributed by atoms with Gasteiger partial charge in [0.15, 0.2) is 0 Å². The molecule has 0 spiro atoms. The first kappa shape index (κ1) is 17.8. The van der Waals surface area contributed by atoms with Crippen molar-refractivity contribution < 1.29 is 4.79 Å². The van der Waals surface area contributed by atoms with Gasteiger partial charge >= 0.3 is 0 Å². The van der Waals surface area contributed by atoms with Crippen LogP contribution in [-0.4, -0.2) is 35.4 Å². The van der Waals surface area contributed by atoms with Gasteiger partial charge in [-0.15, -0.1) is 0 Å². The maximum absolute atomic E-state index is 12.5. The van der Waals surface area contributed by atoms with Crippen LogP contribution in [0, 0.1) is 13.8 Å². The summed E-state index contributed by atoms with van der Waals surface area (Å²) < 4.78 is 0. The fourth-order valence-electron chi connectivity index (χ4n) is 4.23. The van der Waals surface area contributed by atoms with Gasteiger partial charge in [-0.3, -0.25) is 9.69 Å². The number of anilines is 1. The summed E-state index contributed by atoms with van der Waals surface area (Å²) in [6.45, 7) is 6.47. The molecule has 1 amide bonds. The molecule has 4 nitrogen and oxygen atoms in total. The molecule has 3 aromatic rings. The third-order valence-electron chi connectivity index (χ3n) is 5.76. The molecule has 1 saturated heterocycles. The van der Waals surface area contributed by atoms with Crippen molar-refractivity contribution in [2.75, 3.05) is 25.0 Å². The number of hydrogen-bond donors (Lipinski definition) is 2. The zero-order valence-electron chi connectivity index (χ0n) is 16.1. The lowest BCUT2D eigenvalue weighted by Gasteiger charge is -2.31. The summed E-state index contributed by atoms with van der Waals surface area (Å²) in [6.07, 6.45) is 4.36. The summed E-state index contributed by atoms with van der Waals surface area (Å²) in [5.41, 5.74) is 5.81. The number of aryl methyl sites for hydroxylation is 2. The molecule has 1 aliphatic heterocycles. The Morgan fingerprint density at radius 1 is 1.07 bits per heavy atom. The monoisotopic (exact) mass is 361 g/mol. The Bertz CT molecular complexity index is 931. The van der Waals surface area contributed by atoms with Crippen LogP contribution in [-0.2, 0) is 4.79 Å². The molecule has 0 bridgehead atoms. The van der Waals surface area contributed by atoms with Crippen LogP contribution >= 0.6 is 0 Å². The minimum atomic E-state index is 0.0814. The van der Waals surface area contributed by atoms with Gasteiger partial charge in [0.25, 0.3) is 0 Å². The lowest BCUT2D eigenvalue weighted by Crippen LogP contribution is -2.38. The van der Waals surface area contributed by atoms with Gasteiger partial charge in [0.05, 0.1) is 6.54 Å². The summed E-state index contributed by atoms with van der Waals surface area (Å²) in [5, 5.41) is 4.44. The van der Waals surface area contributed by atoms with Gasteiger partial charge in [0, 0.05) is 22.8 Å². The first-order valence-corrected chi connectivity index (χ1v) is 9.76. The van der Waals surface area contributed by atoms with Crippen molar-refractivity contribution in [1.29, 1.82) is 0 Å². The Morgan fingerprint density at radius 3 is 2.52 bits per heavy atom. The number of carbonyl (C=O) groups is 1. The molecule has 4 heteroatoms. The van der Waals surface area contributed by atoms with E-state index in [1.807, 2.05) is 32.0 Å². The first-order chi connectivity index (χ1) is 13.1. The van der Waals surface area contributed by atoms with Crippen LogP contribution in [0.3, 0.4) is 0 Å². The normalized spacial score (nSPS) is 15.9. The van der Waals surface area contributed by atoms with Crippen molar-refractivity contribution in [1.82, 2.24) is 9.88 Å². The van der Waals surface area contributed by atoms with E-state index in [1.165, 1.54) is 16.5 Å². The number of rotatable bonds is 4. The van der Waals surface area contributed by atoms with E-state index in [1.54, 1.807) is 0 Å². The number of fused-ring (bicyclic) bond motifs is 1. The number of aromatic nitrogens is 1. The second-order valence-corrected chi connectivity index (χ2v) is 7.66. The Morgan fingerprint density at radius 2 is 1.78 bits per heavy atom. The molecule has 27 heavy (non-hydrogen) atoms. The van der Waals surface area contributed by atoms with E-state index in [-0.39, 0.29) is 5.91 Å². The average molecular weight is 361 g/mol. The van der Waals surface area contributed by atoms with E-state index in [0.29, 0.717) is 12.5 Å². The quantitative estimate of drug-likeness (QED) is 0.713. The zero-order chi connectivity index (χ0) is 18.8. The van der Waals surface area contributed by atoms with Gasteiger partial charge in [-0.25, -0.2) is 0 Å². The number of hydrogen-bond acceptors (Lipinski definition) is 2. The number of carbonyl (C=O) groups excluding carboxylic acids is 1. The van der Waals surface area contributed by atoms with Crippen LogP contribution in [0.15, 0.2) is 48.7 Å². The zero-order valence-corrected chi connectivity index (χ0v) is 16.1. The molecule has 2 aromatic carbocycles. The second kappa shape index (κ2) is 7.57. The lowest BCUT2D eigenvalue weighted by atomic mass is 9.89. The number of para-hydroxylation sites is 2. The van der Waals surface area contributed by atoms with E-state index in [2.05, 4.69) is 45.7 Å². The first-order valence-electron chi connectivity index (χ1n) is 9.76. The van der Waals surface area contributed by atoms with Crippen LogP contribution < -0.4 is 5.32 Å². The number of H-pyrrole nitrogens is 1. The minimum Gasteiger partial charge on any atom is -0.361 e. The molecular weight excluding hydrogens is 334 g/mol. The van der Waals surface area contributed by atoms with Gasteiger partial charge in [-0.05, 0) is 68.5 Å². The van der Waals surface area contributed by atoms with Crippen molar-refractivity contribution >= 4 is 22.5 Å². The molecule has 4 rings (SSSR count). The van der Waals surface area contributed by atoms with E-state index >= 15 is 0 Å². The molecule has 0 saturated carbocycles. The van der Waals surface area contributed by atoms with E-state index in [9.17, 15) is 4.79 Å². The highest BCUT2D eigenvalue weighted by Crippen LogP contribution is 2.33. The molecule has 0 radical (unpaired) electrons. The Kier molecular flexibility index (Phi) is 4.99. The van der Waals surface area contributed by atoms with Gasteiger partial charge in [0.2, 0.25) is 5.91 Å². The largest absolute Gasteiger partial charge is 0.361 e. The Hall–Kier alpha value is -2.59. The van der Waals surface area contributed by atoms with Crippen LogP contribution in [0.25, 0.3) is 10.9 Å². The Balaban J connectivity index is 1.35. The summed E-state index contributed by atoms with van der Waals surface area (Å²) in [4.78, 5) is 18.2. The summed E-state index contributed by atoms with van der Waals surface area (Å²) >= 11 is 0. The number of aromatic amines is 1. The smallest absolute Gasteiger partial charge is 0.238 e.